The number of nitrogens with one attached hydrogen (secondary N) is 1. The summed E-state index contributed by atoms with van der Waals surface area (Å²) in [5.74, 6) is 0.719. The third-order valence-corrected chi connectivity index (χ3v) is 5.07. The third kappa shape index (κ3) is 5.88. The Morgan fingerprint density at radius 1 is 1.14 bits per heavy atom. The van der Waals surface area contributed by atoms with E-state index >= 15 is 0 Å². The van der Waals surface area contributed by atoms with Crippen LogP contribution in [-0.4, -0.2) is 48.8 Å². The lowest BCUT2D eigenvalue weighted by molar-refractivity contribution is 0.0420. The van der Waals surface area contributed by atoms with E-state index in [0.717, 1.165) is 19.1 Å². The summed E-state index contributed by atoms with van der Waals surface area (Å²) in [6.07, 6.45) is 5.24. The van der Waals surface area contributed by atoms with E-state index in [9.17, 15) is 0 Å². The van der Waals surface area contributed by atoms with Crippen molar-refractivity contribution in [3.63, 3.8) is 0 Å². The van der Waals surface area contributed by atoms with Crippen LogP contribution in [0.1, 0.15) is 67.2 Å². The molecule has 1 aliphatic rings. The SMILES string of the molecule is CCC1(CC)CN(CCCCOC(C)C)C(C(C)C)CN1. The highest BCUT2D eigenvalue weighted by Crippen LogP contribution is 2.25. The Bertz CT molecular complexity index is 274. The average molecular weight is 299 g/mol. The molecule has 0 radical (unpaired) electrons. The lowest BCUT2D eigenvalue weighted by Crippen LogP contribution is -2.65. The van der Waals surface area contributed by atoms with Crippen LogP contribution in [0.5, 0.6) is 0 Å². The number of nitrogens with zero attached hydrogens (tertiary/aromatic N) is 1. The van der Waals surface area contributed by atoms with E-state index in [2.05, 4.69) is 51.8 Å². The molecule has 0 aromatic rings. The Morgan fingerprint density at radius 3 is 2.33 bits per heavy atom. The lowest BCUT2D eigenvalue weighted by atomic mass is 9.86. The molecule has 1 heterocycles. The van der Waals surface area contributed by atoms with Crippen LogP contribution in [0.15, 0.2) is 0 Å². The summed E-state index contributed by atoms with van der Waals surface area (Å²) in [5, 5.41) is 3.84. The van der Waals surface area contributed by atoms with Crippen LogP contribution < -0.4 is 5.32 Å². The number of rotatable bonds is 9. The molecule has 0 bridgehead atoms. The van der Waals surface area contributed by atoms with Crippen LogP contribution in [0.2, 0.25) is 0 Å². The van der Waals surface area contributed by atoms with Crippen molar-refractivity contribution < 1.29 is 4.74 Å². The van der Waals surface area contributed by atoms with Crippen LogP contribution in [0, 0.1) is 5.92 Å². The molecule has 1 atom stereocenters. The van der Waals surface area contributed by atoms with Gasteiger partial charge in [0.2, 0.25) is 0 Å². The molecule has 1 saturated heterocycles. The van der Waals surface area contributed by atoms with E-state index < -0.39 is 0 Å². The first kappa shape index (κ1) is 18.9. The molecule has 1 fully saturated rings. The first-order chi connectivity index (χ1) is 9.94. The van der Waals surface area contributed by atoms with Crippen LogP contribution in [-0.2, 0) is 4.74 Å². The van der Waals surface area contributed by atoms with E-state index in [1.165, 1.54) is 38.8 Å². The predicted octanol–water partition coefficient (Wildman–Crippen LogP) is 3.68. The second-order valence-electron chi connectivity index (χ2n) is 7.28. The molecule has 1 rings (SSSR count). The van der Waals surface area contributed by atoms with Crippen LogP contribution in [0.3, 0.4) is 0 Å². The maximum atomic E-state index is 5.66. The molecule has 0 aromatic carbocycles. The van der Waals surface area contributed by atoms with Gasteiger partial charge in [0.15, 0.2) is 0 Å². The first-order valence-electron chi connectivity index (χ1n) is 9.04. The number of hydrogen-bond donors (Lipinski definition) is 1. The Labute approximate surface area is 132 Å². The zero-order valence-electron chi connectivity index (χ0n) is 15.2. The van der Waals surface area contributed by atoms with Crippen molar-refractivity contribution in [3.8, 4) is 0 Å². The summed E-state index contributed by atoms with van der Waals surface area (Å²) in [6, 6.07) is 0.683. The monoisotopic (exact) mass is 298 g/mol. The van der Waals surface area contributed by atoms with Gasteiger partial charge in [0.25, 0.3) is 0 Å². The van der Waals surface area contributed by atoms with Crippen molar-refractivity contribution in [2.45, 2.75) is 84.9 Å². The lowest BCUT2D eigenvalue weighted by Gasteiger charge is -2.49. The molecule has 0 spiro atoms. The molecule has 1 N–H and O–H groups in total. The van der Waals surface area contributed by atoms with Crippen LogP contribution in [0.4, 0.5) is 0 Å². The van der Waals surface area contributed by atoms with Crippen molar-refractivity contribution in [1.82, 2.24) is 10.2 Å². The summed E-state index contributed by atoms with van der Waals surface area (Å²) in [5.41, 5.74) is 0.333. The van der Waals surface area contributed by atoms with E-state index in [4.69, 9.17) is 4.74 Å². The van der Waals surface area contributed by atoms with Gasteiger partial charge in [0, 0.05) is 31.3 Å². The third-order valence-electron chi connectivity index (χ3n) is 5.07. The van der Waals surface area contributed by atoms with Gasteiger partial charge in [-0.05, 0) is 52.0 Å². The Kier molecular flexibility index (Phi) is 8.22. The van der Waals surface area contributed by atoms with Crippen molar-refractivity contribution in [1.29, 1.82) is 0 Å². The molecular formula is C18H38N2O. The van der Waals surface area contributed by atoms with Gasteiger partial charge >= 0.3 is 0 Å². The average Bonchev–Trinajstić information content (AvgIpc) is 2.46. The number of ether oxygens (including phenoxy) is 1. The summed E-state index contributed by atoms with van der Waals surface area (Å²) in [4.78, 5) is 2.74. The van der Waals surface area contributed by atoms with Crippen molar-refractivity contribution in [3.05, 3.63) is 0 Å². The van der Waals surface area contributed by atoms with Gasteiger partial charge in [-0.1, -0.05) is 27.7 Å². The van der Waals surface area contributed by atoms with E-state index in [-0.39, 0.29) is 0 Å². The zero-order chi connectivity index (χ0) is 15.9. The molecule has 1 unspecified atom stereocenters. The standard InChI is InChI=1S/C18H38N2O/c1-7-18(8-2)14-20(17(13-19-18)15(3)4)11-9-10-12-21-16(5)6/h15-17,19H,7-14H2,1-6H3. The number of unbranched alkanes of at least 4 members (excludes halogenated alkanes) is 1. The van der Waals surface area contributed by atoms with Gasteiger partial charge in [-0.2, -0.15) is 0 Å². The Hall–Kier alpha value is -0.120. The van der Waals surface area contributed by atoms with Gasteiger partial charge in [0.1, 0.15) is 0 Å². The van der Waals surface area contributed by atoms with Crippen molar-refractivity contribution >= 4 is 0 Å². The number of piperazine rings is 1. The van der Waals surface area contributed by atoms with Crippen LogP contribution in [0.25, 0.3) is 0 Å². The summed E-state index contributed by atoms with van der Waals surface area (Å²) < 4.78 is 5.66. The highest BCUT2D eigenvalue weighted by molar-refractivity contribution is 4.97. The molecule has 0 aromatic heterocycles. The topological polar surface area (TPSA) is 24.5 Å². The fourth-order valence-corrected chi connectivity index (χ4v) is 3.37. The maximum Gasteiger partial charge on any atom is 0.0518 e. The fraction of sp³-hybridized carbons (Fsp3) is 1.00. The van der Waals surface area contributed by atoms with Gasteiger partial charge in [-0.3, -0.25) is 4.90 Å². The molecule has 21 heavy (non-hydrogen) atoms. The maximum absolute atomic E-state index is 5.66. The highest BCUT2D eigenvalue weighted by atomic mass is 16.5. The minimum absolute atomic E-state index is 0.333. The summed E-state index contributed by atoms with van der Waals surface area (Å²) >= 11 is 0. The van der Waals surface area contributed by atoms with Gasteiger partial charge < -0.3 is 10.1 Å². The molecule has 3 heteroatoms. The van der Waals surface area contributed by atoms with Crippen molar-refractivity contribution in [2.75, 3.05) is 26.2 Å². The highest BCUT2D eigenvalue weighted by Gasteiger charge is 2.37. The molecule has 0 aliphatic carbocycles. The minimum Gasteiger partial charge on any atom is -0.379 e. The zero-order valence-corrected chi connectivity index (χ0v) is 15.2. The molecule has 0 saturated carbocycles. The second kappa shape index (κ2) is 9.12. The number of hydrogen-bond acceptors (Lipinski definition) is 3. The largest absolute Gasteiger partial charge is 0.379 e. The first-order valence-corrected chi connectivity index (χ1v) is 9.04. The summed E-state index contributed by atoms with van der Waals surface area (Å²) in [7, 11) is 0. The predicted molar refractivity (Wildman–Crippen MR) is 91.8 cm³/mol. The Morgan fingerprint density at radius 2 is 1.81 bits per heavy atom. The van der Waals surface area contributed by atoms with Crippen LogP contribution >= 0.6 is 0 Å². The minimum atomic E-state index is 0.333. The summed E-state index contributed by atoms with van der Waals surface area (Å²) in [6.45, 7) is 18.0. The van der Waals surface area contributed by atoms with Gasteiger partial charge in [-0.25, -0.2) is 0 Å². The van der Waals surface area contributed by atoms with E-state index in [1.54, 1.807) is 0 Å². The normalized spacial score (nSPS) is 23.1. The molecule has 1 aliphatic heterocycles. The van der Waals surface area contributed by atoms with Gasteiger partial charge in [-0.15, -0.1) is 0 Å². The fourth-order valence-electron chi connectivity index (χ4n) is 3.37. The van der Waals surface area contributed by atoms with Crippen molar-refractivity contribution in [2.24, 2.45) is 5.92 Å². The smallest absolute Gasteiger partial charge is 0.0518 e. The molecule has 3 nitrogen and oxygen atoms in total. The molecule has 126 valence electrons. The van der Waals surface area contributed by atoms with E-state index in [0.29, 0.717) is 17.7 Å². The second-order valence-corrected chi connectivity index (χ2v) is 7.28. The Balaban J connectivity index is 2.48. The van der Waals surface area contributed by atoms with Gasteiger partial charge in [0.05, 0.1) is 6.10 Å². The molecule has 0 amide bonds. The molecular weight excluding hydrogens is 260 g/mol. The quantitative estimate of drug-likeness (QED) is 0.657. The van der Waals surface area contributed by atoms with E-state index in [1.807, 2.05) is 0 Å².